The minimum atomic E-state index is -3.64. The number of sulfonamides is 1. The van der Waals surface area contributed by atoms with E-state index in [1.165, 1.54) is 33.5 Å². The van der Waals surface area contributed by atoms with Crippen LogP contribution in [-0.2, 0) is 19.6 Å². The van der Waals surface area contributed by atoms with Crippen LogP contribution in [0, 0.1) is 18.7 Å². The Labute approximate surface area is 187 Å². The van der Waals surface area contributed by atoms with Crippen LogP contribution < -0.4 is 10.2 Å². The number of nitrogens with one attached hydrogen (secondary N) is 1. The third-order valence-corrected chi connectivity index (χ3v) is 7.95. The molecule has 7 nitrogen and oxygen atoms in total. The second-order valence-electron chi connectivity index (χ2n) is 8.29. The molecule has 4 rings (SSSR count). The molecular weight excluding hydrogens is 433 g/mol. The summed E-state index contributed by atoms with van der Waals surface area (Å²) >= 11 is 0. The molecule has 0 aromatic heterocycles. The molecule has 2 saturated heterocycles. The van der Waals surface area contributed by atoms with Gasteiger partial charge in [-0.05, 0) is 49.6 Å². The first-order valence-electron chi connectivity index (χ1n) is 10.7. The Morgan fingerprint density at radius 2 is 1.81 bits per heavy atom. The van der Waals surface area contributed by atoms with Gasteiger partial charge in [-0.1, -0.05) is 24.6 Å². The van der Waals surface area contributed by atoms with Gasteiger partial charge >= 0.3 is 0 Å². The quantitative estimate of drug-likeness (QED) is 0.743. The molecule has 9 heteroatoms. The number of rotatable bonds is 5. The summed E-state index contributed by atoms with van der Waals surface area (Å²) in [4.78, 5) is 26.7. The van der Waals surface area contributed by atoms with Crippen LogP contribution in [0.5, 0.6) is 0 Å². The van der Waals surface area contributed by atoms with Gasteiger partial charge in [-0.3, -0.25) is 9.59 Å². The summed E-state index contributed by atoms with van der Waals surface area (Å²) in [6.07, 6.45) is 2.65. The minimum absolute atomic E-state index is 0.0367. The first kappa shape index (κ1) is 22.4. The van der Waals surface area contributed by atoms with Gasteiger partial charge in [0.2, 0.25) is 21.8 Å². The zero-order valence-electron chi connectivity index (χ0n) is 17.9. The molecule has 2 fully saturated rings. The molecule has 2 aromatic carbocycles. The van der Waals surface area contributed by atoms with Crippen molar-refractivity contribution < 1.29 is 22.4 Å². The summed E-state index contributed by atoms with van der Waals surface area (Å²) in [6.45, 7) is 2.83. The van der Waals surface area contributed by atoms with Crippen molar-refractivity contribution in [3.8, 4) is 0 Å². The smallest absolute Gasteiger partial charge is 0.243 e. The second kappa shape index (κ2) is 8.99. The normalized spacial score (nSPS) is 19.9. The van der Waals surface area contributed by atoms with Crippen molar-refractivity contribution in [3.63, 3.8) is 0 Å². The molecule has 2 aliphatic heterocycles. The van der Waals surface area contributed by atoms with E-state index in [9.17, 15) is 22.4 Å². The van der Waals surface area contributed by atoms with Crippen LogP contribution in [0.1, 0.15) is 31.2 Å². The average molecular weight is 460 g/mol. The molecule has 2 aromatic rings. The third-order valence-electron chi connectivity index (χ3n) is 6.06. The lowest BCUT2D eigenvalue weighted by atomic mass is 10.1. The predicted octanol–water partition coefficient (Wildman–Crippen LogP) is 3.30. The summed E-state index contributed by atoms with van der Waals surface area (Å²) in [7, 11) is -3.64. The Hall–Kier alpha value is -2.78. The van der Waals surface area contributed by atoms with Crippen LogP contribution in [0.25, 0.3) is 0 Å². The van der Waals surface area contributed by atoms with Crippen molar-refractivity contribution in [2.75, 3.05) is 29.9 Å². The van der Waals surface area contributed by atoms with Gasteiger partial charge in [0.1, 0.15) is 5.82 Å². The van der Waals surface area contributed by atoms with Crippen molar-refractivity contribution in [3.05, 3.63) is 53.8 Å². The van der Waals surface area contributed by atoms with E-state index in [4.69, 9.17) is 0 Å². The van der Waals surface area contributed by atoms with Crippen LogP contribution >= 0.6 is 0 Å². The molecule has 0 radical (unpaired) electrons. The number of nitrogens with zero attached hydrogens (tertiary/aromatic N) is 2. The fourth-order valence-corrected chi connectivity index (χ4v) is 5.72. The zero-order valence-corrected chi connectivity index (χ0v) is 18.7. The van der Waals surface area contributed by atoms with E-state index in [1.807, 2.05) is 0 Å². The number of amides is 2. The van der Waals surface area contributed by atoms with Crippen LogP contribution in [0.15, 0.2) is 47.4 Å². The maximum absolute atomic E-state index is 14.1. The van der Waals surface area contributed by atoms with Gasteiger partial charge in [0.25, 0.3) is 0 Å². The third kappa shape index (κ3) is 4.40. The summed E-state index contributed by atoms with van der Waals surface area (Å²) in [5.74, 6) is -1.90. The van der Waals surface area contributed by atoms with E-state index in [0.717, 1.165) is 19.3 Å². The Bertz CT molecular complexity index is 1150. The molecule has 0 aliphatic carbocycles. The van der Waals surface area contributed by atoms with Crippen molar-refractivity contribution in [1.29, 1.82) is 0 Å². The molecule has 1 unspecified atom stereocenters. The highest BCUT2D eigenvalue weighted by Crippen LogP contribution is 2.29. The van der Waals surface area contributed by atoms with Gasteiger partial charge in [-0.2, -0.15) is 4.31 Å². The molecule has 0 spiro atoms. The second-order valence-corrected chi connectivity index (χ2v) is 10.2. The number of carbonyl (C=O) groups excluding carboxylic acids is 2. The van der Waals surface area contributed by atoms with Gasteiger partial charge in [-0.15, -0.1) is 0 Å². The van der Waals surface area contributed by atoms with Gasteiger partial charge in [0.05, 0.1) is 16.5 Å². The highest BCUT2D eigenvalue weighted by molar-refractivity contribution is 7.89. The number of hydrogen-bond acceptors (Lipinski definition) is 4. The minimum Gasteiger partial charge on any atom is -0.325 e. The Morgan fingerprint density at radius 1 is 1.09 bits per heavy atom. The number of anilines is 2. The van der Waals surface area contributed by atoms with Crippen molar-refractivity contribution in [2.45, 2.75) is 37.5 Å². The van der Waals surface area contributed by atoms with Crippen LogP contribution in [0.3, 0.4) is 0 Å². The first-order valence-corrected chi connectivity index (χ1v) is 12.2. The van der Waals surface area contributed by atoms with Gasteiger partial charge in [0.15, 0.2) is 0 Å². The molecular formula is C23H26FN3O4S. The molecule has 2 amide bonds. The molecule has 1 atom stereocenters. The molecule has 0 saturated carbocycles. The number of carbonyl (C=O) groups is 2. The molecule has 2 heterocycles. The van der Waals surface area contributed by atoms with Gasteiger partial charge < -0.3 is 10.2 Å². The van der Waals surface area contributed by atoms with E-state index in [-0.39, 0.29) is 29.5 Å². The predicted molar refractivity (Wildman–Crippen MR) is 119 cm³/mol. The number of para-hydroxylation sites is 1. The van der Waals surface area contributed by atoms with Crippen molar-refractivity contribution >= 4 is 33.2 Å². The maximum atomic E-state index is 14.1. The van der Waals surface area contributed by atoms with Crippen LogP contribution in [0.2, 0.25) is 0 Å². The first-order chi connectivity index (χ1) is 15.3. The Balaban J connectivity index is 1.51. The monoisotopic (exact) mass is 459 g/mol. The molecule has 0 bridgehead atoms. The number of aryl methyl sites for hydroxylation is 1. The van der Waals surface area contributed by atoms with Crippen LogP contribution in [-0.4, -0.2) is 44.2 Å². The lowest BCUT2D eigenvalue weighted by Crippen LogP contribution is -2.35. The average Bonchev–Trinajstić information content (AvgIpc) is 3.17. The van der Waals surface area contributed by atoms with Crippen molar-refractivity contribution in [2.24, 2.45) is 5.92 Å². The fraction of sp³-hybridized carbons (Fsp3) is 0.391. The van der Waals surface area contributed by atoms with Crippen molar-refractivity contribution in [1.82, 2.24) is 4.31 Å². The SMILES string of the molecule is Cc1ccc(S(=O)(=O)N2CCCCC2)cc1NC(=O)C1CC(=O)N(c2ccccc2F)C1. The van der Waals surface area contributed by atoms with Gasteiger partial charge in [-0.25, -0.2) is 12.8 Å². The summed E-state index contributed by atoms with van der Waals surface area (Å²) < 4.78 is 41.6. The Morgan fingerprint density at radius 3 is 2.53 bits per heavy atom. The Kier molecular flexibility index (Phi) is 6.30. The lowest BCUT2D eigenvalue weighted by Gasteiger charge is -2.26. The molecule has 1 N–H and O–H groups in total. The number of hydrogen-bond donors (Lipinski definition) is 1. The zero-order chi connectivity index (χ0) is 22.9. The lowest BCUT2D eigenvalue weighted by molar-refractivity contribution is -0.122. The molecule has 32 heavy (non-hydrogen) atoms. The standard InChI is InChI=1S/C23H26FN3O4S/c1-16-9-10-18(32(30,31)26-11-5-2-6-12-26)14-20(16)25-23(29)17-13-22(28)27(15-17)21-8-4-3-7-19(21)24/h3-4,7-10,14,17H,2,5-6,11-13,15H2,1H3,(H,25,29). The summed E-state index contributed by atoms with van der Waals surface area (Å²) in [5, 5.41) is 2.78. The van der Waals surface area contributed by atoms with E-state index in [0.29, 0.717) is 24.3 Å². The number of piperidine rings is 1. The molecule has 170 valence electrons. The number of benzene rings is 2. The largest absolute Gasteiger partial charge is 0.325 e. The van der Waals surface area contributed by atoms with E-state index < -0.39 is 27.7 Å². The molecule has 2 aliphatic rings. The maximum Gasteiger partial charge on any atom is 0.243 e. The topological polar surface area (TPSA) is 86.8 Å². The highest BCUT2D eigenvalue weighted by atomic mass is 32.2. The van der Waals surface area contributed by atoms with Crippen LogP contribution in [0.4, 0.5) is 15.8 Å². The number of halogens is 1. The highest BCUT2D eigenvalue weighted by Gasteiger charge is 2.36. The van der Waals surface area contributed by atoms with E-state index >= 15 is 0 Å². The summed E-state index contributed by atoms with van der Waals surface area (Å²) in [5.41, 5.74) is 1.26. The fourth-order valence-electron chi connectivity index (χ4n) is 4.17. The van der Waals surface area contributed by atoms with E-state index in [2.05, 4.69) is 5.32 Å². The van der Waals surface area contributed by atoms with Gasteiger partial charge in [0, 0.05) is 31.7 Å². The van der Waals surface area contributed by atoms with E-state index in [1.54, 1.807) is 25.1 Å². The summed E-state index contributed by atoms with van der Waals surface area (Å²) in [6, 6.07) is 10.6.